The van der Waals surface area contributed by atoms with Crippen LogP contribution in [0.1, 0.15) is 34.5 Å². The smallest absolute Gasteiger partial charge is 0.371 e. The summed E-state index contributed by atoms with van der Waals surface area (Å²) in [5.41, 5.74) is -1.37. The lowest BCUT2D eigenvalue weighted by molar-refractivity contribution is -0.292. The van der Waals surface area contributed by atoms with Crippen LogP contribution in [-0.2, 0) is 26.6 Å². The maximum Gasteiger partial charge on any atom is 0.416 e. The zero-order chi connectivity index (χ0) is 33.2. The lowest BCUT2D eigenvalue weighted by Gasteiger charge is -2.39. The number of hydrogen-bond donors (Lipinski definition) is 0. The Labute approximate surface area is 249 Å². The lowest BCUT2D eigenvalue weighted by Crippen LogP contribution is -2.53. The van der Waals surface area contributed by atoms with E-state index >= 15 is 0 Å². The van der Waals surface area contributed by atoms with Crippen LogP contribution >= 0.6 is 0 Å². The molecule has 5 nitrogen and oxygen atoms in total. The van der Waals surface area contributed by atoms with Crippen LogP contribution < -0.4 is 0 Å². The third-order valence-electron chi connectivity index (χ3n) is 7.43. The van der Waals surface area contributed by atoms with Crippen molar-refractivity contribution in [1.82, 2.24) is 9.80 Å². The highest BCUT2D eigenvalue weighted by molar-refractivity contribution is 5.27. The van der Waals surface area contributed by atoms with Gasteiger partial charge in [-0.3, -0.25) is 9.80 Å². The topological polar surface area (TPSA) is 34.2 Å². The van der Waals surface area contributed by atoms with E-state index in [0.717, 1.165) is 48.5 Å². The van der Waals surface area contributed by atoms with Gasteiger partial charge in [-0.05, 0) is 35.4 Å². The minimum Gasteiger partial charge on any atom is -0.371 e. The third kappa shape index (κ3) is 9.70. The molecule has 0 spiro atoms. The van der Waals surface area contributed by atoms with Crippen LogP contribution in [0.3, 0.4) is 0 Å². The summed E-state index contributed by atoms with van der Waals surface area (Å²) in [7, 11) is 0. The van der Waals surface area contributed by atoms with Gasteiger partial charge in [0.05, 0.1) is 36.5 Å². The summed E-state index contributed by atoms with van der Waals surface area (Å²) in [6, 6.07) is 7.65. The van der Waals surface area contributed by atoms with E-state index in [0.29, 0.717) is 0 Å². The van der Waals surface area contributed by atoms with Gasteiger partial charge in [-0.25, -0.2) is 0 Å². The molecule has 2 aliphatic heterocycles. The molecule has 45 heavy (non-hydrogen) atoms. The molecule has 2 saturated heterocycles. The van der Waals surface area contributed by atoms with Gasteiger partial charge >= 0.3 is 24.7 Å². The average Bonchev–Trinajstić information content (AvgIpc) is 2.95. The number of benzene rings is 2. The minimum atomic E-state index is -5.21. The molecule has 0 N–H and O–H groups in total. The molecular formula is C28H28F12N2O3. The Balaban J connectivity index is 1.42. The molecular weight excluding hydrogens is 640 g/mol. The standard InChI is InChI=1S/C28H28F12N2O3/c29-25(30,31)19-5-1-17(2-6-19)21-13-41(9-11-43-21)15-23(27(35,36)37)45-24(28(38,39)40)16-42-10-12-44-22(14-42)18-3-7-20(8-4-18)26(32,33)34/h1-8,21-24H,9-16H2/t21-,22-,23-,24-/m0/s1. The van der Waals surface area contributed by atoms with Gasteiger partial charge in [0.1, 0.15) is 0 Å². The number of ether oxygens (including phenoxy) is 3. The average molecular weight is 669 g/mol. The summed E-state index contributed by atoms with van der Waals surface area (Å²) in [6.07, 6.45) is -27.2. The van der Waals surface area contributed by atoms with Crippen molar-refractivity contribution in [1.29, 1.82) is 0 Å². The summed E-state index contributed by atoms with van der Waals surface area (Å²) >= 11 is 0. The van der Waals surface area contributed by atoms with E-state index in [2.05, 4.69) is 0 Å². The van der Waals surface area contributed by atoms with E-state index in [-0.39, 0.29) is 50.5 Å². The number of rotatable bonds is 8. The van der Waals surface area contributed by atoms with Crippen LogP contribution in [0.5, 0.6) is 0 Å². The first-order valence-electron chi connectivity index (χ1n) is 13.6. The van der Waals surface area contributed by atoms with Gasteiger partial charge in [-0.15, -0.1) is 0 Å². The summed E-state index contributed by atoms with van der Waals surface area (Å²) < 4.78 is 177. The summed E-state index contributed by atoms with van der Waals surface area (Å²) in [5.74, 6) is 0. The number of morpholine rings is 2. The van der Waals surface area contributed by atoms with Crippen LogP contribution in [0.25, 0.3) is 0 Å². The maximum absolute atomic E-state index is 14.0. The van der Waals surface area contributed by atoms with Crippen molar-refractivity contribution in [2.45, 2.75) is 49.1 Å². The van der Waals surface area contributed by atoms with Crippen molar-refractivity contribution in [2.24, 2.45) is 0 Å². The molecule has 17 heteroatoms. The largest absolute Gasteiger partial charge is 0.416 e. The van der Waals surface area contributed by atoms with Gasteiger partial charge in [0.2, 0.25) is 0 Å². The molecule has 0 aromatic heterocycles. The Kier molecular flexibility index (Phi) is 10.7. The Morgan fingerprint density at radius 1 is 0.578 bits per heavy atom. The minimum absolute atomic E-state index is 0.0952. The third-order valence-corrected chi connectivity index (χ3v) is 7.43. The second-order valence-corrected chi connectivity index (χ2v) is 10.7. The van der Waals surface area contributed by atoms with E-state index in [9.17, 15) is 52.7 Å². The summed E-state index contributed by atoms with van der Waals surface area (Å²) in [4.78, 5) is 2.35. The first-order chi connectivity index (χ1) is 20.8. The van der Waals surface area contributed by atoms with Crippen LogP contribution in [-0.4, -0.2) is 86.8 Å². The fraction of sp³-hybridized carbons (Fsp3) is 0.571. The number of halogens is 12. The van der Waals surface area contributed by atoms with E-state index in [1.54, 1.807) is 0 Å². The van der Waals surface area contributed by atoms with Crippen molar-refractivity contribution in [3.8, 4) is 0 Å². The molecule has 2 aromatic carbocycles. The fourth-order valence-electron chi connectivity index (χ4n) is 5.03. The quantitative estimate of drug-likeness (QED) is 0.282. The van der Waals surface area contributed by atoms with Gasteiger partial charge in [0.15, 0.2) is 12.2 Å². The first kappa shape index (κ1) is 35.3. The monoisotopic (exact) mass is 668 g/mol. The van der Waals surface area contributed by atoms with Crippen molar-refractivity contribution in [3.63, 3.8) is 0 Å². The highest BCUT2D eigenvalue weighted by atomic mass is 19.4. The Hall–Kier alpha value is -2.60. The Bertz CT molecular complexity index is 1130. The summed E-state index contributed by atoms with van der Waals surface area (Å²) in [5, 5.41) is 0. The second kappa shape index (κ2) is 13.6. The molecule has 0 amide bonds. The molecule has 2 heterocycles. The van der Waals surface area contributed by atoms with Gasteiger partial charge in [0, 0.05) is 39.3 Å². The van der Waals surface area contributed by atoms with E-state index < -0.39 is 73.3 Å². The van der Waals surface area contributed by atoms with Crippen molar-refractivity contribution in [2.75, 3.05) is 52.5 Å². The molecule has 0 saturated carbocycles. The fourth-order valence-corrected chi connectivity index (χ4v) is 5.03. The lowest BCUT2D eigenvalue weighted by atomic mass is 10.0. The molecule has 4 atom stereocenters. The highest BCUT2D eigenvalue weighted by Gasteiger charge is 2.50. The Morgan fingerprint density at radius 2 is 0.911 bits per heavy atom. The molecule has 0 unspecified atom stereocenters. The molecule has 4 rings (SSSR count). The number of hydrogen-bond acceptors (Lipinski definition) is 5. The van der Waals surface area contributed by atoms with Crippen LogP contribution in [0, 0.1) is 0 Å². The number of alkyl halides is 12. The second-order valence-electron chi connectivity index (χ2n) is 10.7. The van der Waals surface area contributed by atoms with Gasteiger partial charge in [-0.2, -0.15) is 52.7 Å². The van der Waals surface area contributed by atoms with E-state index in [1.807, 2.05) is 0 Å². The summed E-state index contributed by atoms with van der Waals surface area (Å²) in [6.45, 7) is -2.91. The Morgan fingerprint density at radius 3 is 1.20 bits per heavy atom. The molecule has 0 aliphatic carbocycles. The molecule has 2 aliphatic rings. The maximum atomic E-state index is 14.0. The van der Waals surface area contributed by atoms with Gasteiger partial charge < -0.3 is 14.2 Å². The highest BCUT2D eigenvalue weighted by Crippen LogP contribution is 2.35. The van der Waals surface area contributed by atoms with Crippen molar-refractivity contribution in [3.05, 3.63) is 70.8 Å². The van der Waals surface area contributed by atoms with Crippen molar-refractivity contribution < 1.29 is 66.9 Å². The van der Waals surface area contributed by atoms with E-state index in [1.165, 1.54) is 9.80 Å². The normalized spacial score (nSPS) is 22.8. The predicted octanol–water partition coefficient (Wildman–Crippen LogP) is 7.05. The molecule has 0 radical (unpaired) electrons. The van der Waals surface area contributed by atoms with Crippen LogP contribution in [0.15, 0.2) is 48.5 Å². The first-order valence-corrected chi connectivity index (χ1v) is 13.6. The SMILES string of the molecule is FC(F)(F)c1ccc([C@@H]2CN(C[C@H](O[C@@H](CN3CCO[C@H](c4ccc(C(F)(F)F)cc4)C3)C(F)(F)F)C(F)(F)F)CCO2)cc1. The number of nitrogens with zero attached hydrogens (tertiary/aromatic N) is 2. The molecule has 0 bridgehead atoms. The van der Waals surface area contributed by atoms with Crippen LogP contribution in [0.2, 0.25) is 0 Å². The zero-order valence-corrected chi connectivity index (χ0v) is 23.2. The van der Waals surface area contributed by atoms with Gasteiger partial charge in [-0.1, -0.05) is 24.3 Å². The predicted molar refractivity (Wildman–Crippen MR) is 134 cm³/mol. The van der Waals surface area contributed by atoms with Crippen LogP contribution in [0.4, 0.5) is 52.7 Å². The zero-order valence-electron chi connectivity index (χ0n) is 23.2. The molecule has 2 aromatic rings. The van der Waals surface area contributed by atoms with Crippen molar-refractivity contribution >= 4 is 0 Å². The molecule has 2 fully saturated rings. The molecule has 252 valence electrons. The van der Waals surface area contributed by atoms with E-state index in [4.69, 9.17) is 14.2 Å². The van der Waals surface area contributed by atoms with Gasteiger partial charge in [0.25, 0.3) is 0 Å².